The molecule has 4 rings (SSSR count). The molecule has 0 aliphatic carbocycles. The predicted octanol–water partition coefficient (Wildman–Crippen LogP) is 3.88. The summed E-state index contributed by atoms with van der Waals surface area (Å²) in [5.41, 5.74) is 1.95. The fourth-order valence-electron chi connectivity index (χ4n) is 3.40. The zero-order valence-electron chi connectivity index (χ0n) is 17.2. The Hall–Kier alpha value is -3.81. The van der Waals surface area contributed by atoms with Crippen LogP contribution in [0.15, 0.2) is 42.5 Å². The molecule has 2 aromatic heterocycles. The molecule has 1 amide bonds. The topological polar surface area (TPSA) is 87.5 Å². The van der Waals surface area contributed by atoms with E-state index in [9.17, 15) is 4.79 Å². The lowest BCUT2D eigenvalue weighted by molar-refractivity contribution is 0.102. The van der Waals surface area contributed by atoms with Crippen molar-refractivity contribution in [2.24, 2.45) is 0 Å². The Balaban J connectivity index is 1.77. The van der Waals surface area contributed by atoms with Gasteiger partial charge in [-0.05, 0) is 31.2 Å². The zero-order valence-corrected chi connectivity index (χ0v) is 17.2. The molecular weight excluding hydrogens is 384 g/mol. The first-order valence-electron chi connectivity index (χ1n) is 9.47. The quantitative estimate of drug-likeness (QED) is 0.523. The summed E-state index contributed by atoms with van der Waals surface area (Å²) in [5.74, 6) is 1.33. The molecule has 0 saturated heterocycles. The van der Waals surface area contributed by atoms with Crippen LogP contribution in [0.2, 0.25) is 0 Å². The molecular formula is C22H22N4O4. The molecule has 0 bridgehead atoms. The number of hydrogen-bond donors (Lipinski definition) is 1. The van der Waals surface area contributed by atoms with Crippen molar-refractivity contribution in [3.8, 4) is 17.2 Å². The lowest BCUT2D eigenvalue weighted by atomic mass is 10.1. The van der Waals surface area contributed by atoms with E-state index in [0.29, 0.717) is 35.2 Å². The third kappa shape index (κ3) is 3.26. The van der Waals surface area contributed by atoms with E-state index in [1.807, 2.05) is 37.3 Å². The molecule has 8 nitrogen and oxygen atoms in total. The number of rotatable bonds is 6. The molecule has 0 aliphatic rings. The summed E-state index contributed by atoms with van der Waals surface area (Å²) in [5, 5.41) is 9.20. The summed E-state index contributed by atoms with van der Waals surface area (Å²) in [7, 11) is 4.53. The summed E-state index contributed by atoms with van der Waals surface area (Å²) < 4.78 is 17.8. The van der Waals surface area contributed by atoms with Crippen molar-refractivity contribution in [3.63, 3.8) is 0 Å². The number of anilines is 1. The molecule has 1 N–H and O–H groups in total. The lowest BCUT2D eigenvalue weighted by Crippen LogP contribution is -2.13. The van der Waals surface area contributed by atoms with Gasteiger partial charge in [0.05, 0.1) is 32.2 Å². The number of benzene rings is 2. The van der Waals surface area contributed by atoms with Gasteiger partial charge in [-0.2, -0.15) is 5.10 Å². The number of para-hydroxylation sites is 1. The number of nitrogens with zero attached hydrogens (tertiary/aromatic N) is 3. The van der Waals surface area contributed by atoms with Crippen LogP contribution in [0.25, 0.3) is 21.9 Å². The van der Waals surface area contributed by atoms with Gasteiger partial charge in [0, 0.05) is 17.5 Å². The van der Waals surface area contributed by atoms with Crippen LogP contribution in [-0.2, 0) is 6.54 Å². The van der Waals surface area contributed by atoms with E-state index >= 15 is 0 Å². The van der Waals surface area contributed by atoms with Crippen molar-refractivity contribution < 1.29 is 19.0 Å². The Morgan fingerprint density at radius 2 is 1.73 bits per heavy atom. The largest absolute Gasteiger partial charge is 0.493 e. The number of carbonyl (C=O) groups is 1. The summed E-state index contributed by atoms with van der Waals surface area (Å²) in [6.45, 7) is 2.61. The third-order valence-corrected chi connectivity index (χ3v) is 4.88. The zero-order chi connectivity index (χ0) is 21.3. The number of aromatic nitrogens is 3. The monoisotopic (exact) mass is 406 g/mol. The standard InChI is InChI=1S/C22H22N4O4/c1-5-26-21-15(10-13-8-6-7-9-16(13)23-21)20(25-26)24-22(27)14-11-17(28-2)19(30-4)18(12-14)29-3/h6-12H,5H2,1-4H3,(H,24,25,27). The van der Waals surface area contributed by atoms with Crippen LogP contribution in [0.1, 0.15) is 17.3 Å². The second-order valence-corrected chi connectivity index (χ2v) is 6.58. The highest BCUT2D eigenvalue weighted by molar-refractivity contribution is 6.09. The first kappa shape index (κ1) is 19.5. The van der Waals surface area contributed by atoms with Crippen LogP contribution >= 0.6 is 0 Å². The maximum atomic E-state index is 13.0. The molecule has 0 atom stereocenters. The van der Waals surface area contributed by atoms with Gasteiger partial charge in [0.2, 0.25) is 5.75 Å². The highest BCUT2D eigenvalue weighted by Gasteiger charge is 2.20. The van der Waals surface area contributed by atoms with Gasteiger partial charge in [0.25, 0.3) is 5.91 Å². The molecule has 0 spiro atoms. The van der Waals surface area contributed by atoms with Crippen molar-refractivity contribution in [1.82, 2.24) is 14.8 Å². The number of pyridine rings is 1. The van der Waals surface area contributed by atoms with Crippen LogP contribution in [0.4, 0.5) is 5.82 Å². The SMILES string of the molecule is CCn1nc(NC(=O)c2cc(OC)c(OC)c(OC)c2)c2cc3ccccc3nc21. The number of nitrogens with one attached hydrogen (secondary N) is 1. The first-order valence-corrected chi connectivity index (χ1v) is 9.47. The minimum absolute atomic E-state index is 0.343. The van der Waals surface area contributed by atoms with Gasteiger partial charge in [-0.3, -0.25) is 4.79 Å². The van der Waals surface area contributed by atoms with Crippen LogP contribution in [0.3, 0.4) is 0 Å². The fourth-order valence-corrected chi connectivity index (χ4v) is 3.40. The van der Waals surface area contributed by atoms with Crippen LogP contribution in [-0.4, -0.2) is 42.0 Å². The van der Waals surface area contributed by atoms with Crippen LogP contribution in [0.5, 0.6) is 17.2 Å². The molecule has 30 heavy (non-hydrogen) atoms. The number of aryl methyl sites for hydroxylation is 1. The fraction of sp³-hybridized carbons (Fsp3) is 0.227. The third-order valence-electron chi connectivity index (χ3n) is 4.88. The maximum absolute atomic E-state index is 13.0. The van der Waals surface area contributed by atoms with Crippen molar-refractivity contribution in [3.05, 3.63) is 48.0 Å². The highest BCUT2D eigenvalue weighted by atomic mass is 16.5. The Labute approximate surface area is 173 Å². The molecule has 0 radical (unpaired) electrons. The summed E-state index contributed by atoms with van der Waals surface area (Å²) in [4.78, 5) is 17.7. The van der Waals surface area contributed by atoms with Gasteiger partial charge < -0.3 is 19.5 Å². The van der Waals surface area contributed by atoms with Crippen molar-refractivity contribution in [2.75, 3.05) is 26.6 Å². The second-order valence-electron chi connectivity index (χ2n) is 6.58. The summed E-state index contributed by atoms with van der Waals surface area (Å²) >= 11 is 0. The highest BCUT2D eigenvalue weighted by Crippen LogP contribution is 2.38. The van der Waals surface area contributed by atoms with E-state index in [1.165, 1.54) is 21.3 Å². The number of hydrogen-bond acceptors (Lipinski definition) is 6. The number of carbonyl (C=O) groups excluding carboxylic acids is 1. The maximum Gasteiger partial charge on any atom is 0.257 e. The molecule has 0 aliphatic heterocycles. The summed E-state index contributed by atoms with van der Waals surface area (Å²) in [6, 6.07) is 13.0. The molecule has 0 saturated carbocycles. The van der Waals surface area contributed by atoms with Crippen LogP contribution in [0, 0.1) is 0 Å². The molecule has 0 fully saturated rings. The number of fused-ring (bicyclic) bond motifs is 2. The molecule has 154 valence electrons. The number of ether oxygens (including phenoxy) is 3. The van der Waals surface area contributed by atoms with Gasteiger partial charge >= 0.3 is 0 Å². The van der Waals surface area contributed by atoms with Crippen molar-refractivity contribution >= 4 is 33.7 Å². The van der Waals surface area contributed by atoms with E-state index in [-0.39, 0.29) is 5.91 Å². The average Bonchev–Trinajstić information content (AvgIpc) is 3.12. The lowest BCUT2D eigenvalue weighted by Gasteiger charge is -2.13. The Morgan fingerprint density at radius 1 is 1.03 bits per heavy atom. The minimum Gasteiger partial charge on any atom is -0.493 e. The number of methoxy groups -OCH3 is 3. The van der Waals surface area contributed by atoms with Gasteiger partial charge in [-0.15, -0.1) is 0 Å². The number of amides is 1. The Kier molecular flexibility index (Phi) is 5.14. The second kappa shape index (κ2) is 7.90. The van der Waals surface area contributed by atoms with Gasteiger partial charge in [-0.25, -0.2) is 9.67 Å². The predicted molar refractivity (Wildman–Crippen MR) is 115 cm³/mol. The molecule has 8 heteroatoms. The molecule has 2 heterocycles. The normalized spacial score (nSPS) is 10.9. The summed E-state index contributed by atoms with van der Waals surface area (Å²) in [6.07, 6.45) is 0. The smallest absolute Gasteiger partial charge is 0.257 e. The van der Waals surface area contributed by atoms with Crippen LogP contribution < -0.4 is 19.5 Å². The van der Waals surface area contributed by atoms with E-state index in [4.69, 9.17) is 19.2 Å². The minimum atomic E-state index is -0.343. The Morgan fingerprint density at radius 3 is 2.37 bits per heavy atom. The van der Waals surface area contributed by atoms with Gasteiger partial charge in [0.15, 0.2) is 23.0 Å². The first-order chi connectivity index (χ1) is 14.6. The van der Waals surface area contributed by atoms with E-state index in [2.05, 4.69) is 10.4 Å². The Bertz CT molecular complexity index is 1220. The molecule has 4 aromatic rings. The van der Waals surface area contributed by atoms with Gasteiger partial charge in [-0.1, -0.05) is 18.2 Å². The van der Waals surface area contributed by atoms with E-state index in [0.717, 1.165) is 21.9 Å². The van der Waals surface area contributed by atoms with E-state index < -0.39 is 0 Å². The molecule has 2 aromatic carbocycles. The van der Waals surface area contributed by atoms with Gasteiger partial charge in [0.1, 0.15) is 0 Å². The molecule has 0 unspecified atom stereocenters. The average molecular weight is 406 g/mol. The van der Waals surface area contributed by atoms with E-state index in [1.54, 1.807) is 16.8 Å². The van der Waals surface area contributed by atoms with Crippen molar-refractivity contribution in [2.45, 2.75) is 13.5 Å². The van der Waals surface area contributed by atoms with Crippen molar-refractivity contribution in [1.29, 1.82) is 0 Å².